The Balaban J connectivity index is 1.55. The number of H-pyrrole nitrogens is 1. The van der Waals surface area contributed by atoms with E-state index in [1.807, 2.05) is 12.1 Å². The maximum absolute atomic E-state index is 5.60. The third-order valence-electron chi connectivity index (χ3n) is 4.15. The number of imidazole rings is 1. The van der Waals surface area contributed by atoms with Gasteiger partial charge in [-0.15, -0.1) is 0 Å². The van der Waals surface area contributed by atoms with Crippen LogP contribution in [0.4, 0.5) is 0 Å². The van der Waals surface area contributed by atoms with Crippen molar-refractivity contribution in [3.63, 3.8) is 0 Å². The number of ether oxygens (including phenoxy) is 2. The number of benzene rings is 1. The van der Waals surface area contributed by atoms with E-state index in [9.17, 15) is 0 Å². The second-order valence-corrected chi connectivity index (χ2v) is 5.59. The Morgan fingerprint density at radius 1 is 1.20 bits per heavy atom. The zero-order chi connectivity index (χ0) is 13.4. The molecule has 1 atom stereocenters. The number of nitrogens with zero attached hydrogens (tertiary/aromatic N) is 1. The molecule has 0 radical (unpaired) electrons. The first kappa shape index (κ1) is 12.0. The second-order valence-electron chi connectivity index (χ2n) is 5.59. The van der Waals surface area contributed by atoms with Crippen LogP contribution in [0.2, 0.25) is 0 Å². The van der Waals surface area contributed by atoms with Gasteiger partial charge in [-0.3, -0.25) is 0 Å². The van der Waals surface area contributed by atoms with Crippen LogP contribution in [-0.2, 0) is 6.42 Å². The summed E-state index contributed by atoms with van der Waals surface area (Å²) in [4.78, 5) is 8.07. The molecule has 2 aliphatic rings. The predicted octanol–water partition coefficient (Wildman–Crippen LogP) is 1.88. The minimum absolute atomic E-state index is 0.616. The van der Waals surface area contributed by atoms with Gasteiger partial charge in [-0.2, -0.15) is 0 Å². The Kier molecular flexibility index (Phi) is 2.99. The van der Waals surface area contributed by atoms with Crippen LogP contribution < -0.4 is 14.8 Å². The first-order valence-electron chi connectivity index (χ1n) is 7.37. The molecule has 4 rings (SSSR count). The second kappa shape index (κ2) is 4.98. The molecule has 0 saturated carbocycles. The van der Waals surface area contributed by atoms with Gasteiger partial charge < -0.3 is 19.8 Å². The van der Waals surface area contributed by atoms with Gasteiger partial charge in [0.05, 0.1) is 11.0 Å². The summed E-state index contributed by atoms with van der Waals surface area (Å²) in [6.07, 6.45) is 3.49. The SMILES string of the molecule is c1c2c(cc3[nH]c(CCC4CCNC4)nc13)OCCO2. The minimum Gasteiger partial charge on any atom is -0.486 e. The van der Waals surface area contributed by atoms with Crippen molar-refractivity contribution >= 4 is 11.0 Å². The van der Waals surface area contributed by atoms with Crippen molar-refractivity contribution in [3.05, 3.63) is 18.0 Å². The van der Waals surface area contributed by atoms with Gasteiger partial charge in [-0.1, -0.05) is 0 Å². The highest BCUT2D eigenvalue weighted by Crippen LogP contribution is 2.33. The van der Waals surface area contributed by atoms with Gasteiger partial charge in [0.2, 0.25) is 0 Å². The summed E-state index contributed by atoms with van der Waals surface area (Å²) in [6, 6.07) is 3.97. The Bertz CT molecular complexity index is 574. The van der Waals surface area contributed by atoms with E-state index in [-0.39, 0.29) is 0 Å². The molecule has 1 aromatic heterocycles. The molecule has 1 fully saturated rings. The Morgan fingerprint density at radius 3 is 2.85 bits per heavy atom. The minimum atomic E-state index is 0.616. The van der Waals surface area contributed by atoms with Crippen molar-refractivity contribution < 1.29 is 9.47 Å². The lowest BCUT2D eigenvalue weighted by molar-refractivity contribution is 0.172. The summed E-state index contributed by atoms with van der Waals surface area (Å²) in [7, 11) is 0. The fourth-order valence-electron chi connectivity index (χ4n) is 3.02. The number of hydrogen-bond donors (Lipinski definition) is 2. The van der Waals surface area contributed by atoms with Gasteiger partial charge in [0.25, 0.3) is 0 Å². The average Bonchev–Trinajstić information content (AvgIpc) is 3.11. The van der Waals surface area contributed by atoms with Crippen molar-refractivity contribution in [2.45, 2.75) is 19.3 Å². The summed E-state index contributed by atoms with van der Waals surface area (Å²) in [5.74, 6) is 3.48. The number of nitrogens with one attached hydrogen (secondary N) is 2. The van der Waals surface area contributed by atoms with E-state index in [0.717, 1.165) is 53.8 Å². The lowest BCUT2D eigenvalue weighted by Gasteiger charge is -2.17. The molecule has 2 aliphatic heterocycles. The number of aromatic nitrogens is 2. The molecule has 1 aromatic carbocycles. The molecule has 1 unspecified atom stereocenters. The Hall–Kier alpha value is -1.75. The van der Waals surface area contributed by atoms with Gasteiger partial charge in [0.1, 0.15) is 19.0 Å². The number of rotatable bonds is 3. The monoisotopic (exact) mass is 273 g/mol. The molecule has 2 aromatic rings. The zero-order valence-corrected chi connectivity index (χ0v) is 11.4. The largest absolute Gasteiger partial charge is 0.486 e. The summed E-state index contributed by atoms with van der Waals surface area (Å²) in [6.45, 7) is 3.54. The summed E-state index contributed by atoms with van der Waals surface area (Å²) in [5, 5.41) is 3.41. The van der Waals surface area contributed by atoms with E-state index < -0.39 is 0 Å². The van der Waals surface area contributed by atoms with Crippen LogP contribution in [0.5, 0.6) is 11.5 Å². The number of aromatic amines is 1. The molecule has 0 spiro atoms. The summed E-state index contributed by atoms with van der Waals surface area (Å²) >= 11 is 0. The van der Waals surface area contributed by atoms with Gasteiger partial charge in [-0.05, 0) is 31.8 Å². The van der Waals surface area contributed by atoms with Crippen LogP contribution in [0.1, 0.15) is 18.7 Å². The molecule has 0 bridgehead atoms. The fourth-order valence-corrected chi connectivity index (χ4v) is 3.02. The average molecular weight is 273 g/mol. The van der Waals surface area contributed by atoms with Crippen molar-refractivity contribution in [1.82, 2.24) is 15.3 Å². The highest BCUT2D eigenvalue weighted by molar-refractivity contribution is 5.79. The van der Waals surface area contributed by atoms with E-state index >= 15 is 0 Å². The maximum Gasteiger partial charge on any atom is 0.163 e. The van der Waals surface area contributed by atoms with Crippen LogP contribution in [0.25, 0.3) is 11.0 Å². The first-order chi connectivity index (χ1) is 9.88. The van der Waals surface area contributed by atoms with Crippen LogP contribution >= 0.6 is 0 Å². The van der Waals surface area contributed by atoms with Crippen molar-refractivity contribution in [2.24, 2.45) is 5.92 Å². The molecule has 5 nitrogen and oxygen atoms in total. The van der Waals surface area contributed by atoms with Crippen molar-refractivity contribution in [2.75, 3.05) is 26.3 Å². The van der Waals surface area contributed by atoms with Crippen LogP contribution in [0.3, 0.4) is 0 Å². The molecular formula is C15H19N3O2. The molecule has 2 N–H and O–H groups in total. The highest BCUT2D eigenvalue weighted by Gasteiger charge is 2.17. The van der Waals surface area contributed by atoms with Crippen LogP contribution in [-0.4, -0.2) is 36.3 Å². The number of hydrogen-bond acceptors (Lipinski definition) is 4. The standard InChI is InChI=1S/C15H19N3O2/c1(10-3-4-16-9-10)2-15-17-11-7-13-14(8-12(11)18-15)20-6-5-19-13/h7-8,10,16H,1-6,9H2,(H,17,18). The van der Waals surface area contributed by atoms with Gasteiger partial charge in [0.15, 0.2) is 11.5 Å². The topological polar surface area (TPSA) is 59.2 Å². The van der Waals surface area contributed by atoms with E-state index in [2.05, 4.69) is 15.3 Å². The molecular weight excluding hydrogens is 254 g/mol. The third-order valence-corrected chi connectivity index (χ3v) is 4.15. The van der Waals surface area contributed by atoms with Crippen LogP contribution in [0, 0.1) is 5.92 Å². The molecule has 106 valence electrons. The molecule has 0 amide bonds. The predicted molar refractivity (Wildman–Crippen MR) is 76.4 cm³/mol. The lowest BCUT2D eigenvalue weighted by atomic mass is 10.0. The third kappa shape index (κ3) is 2.22. The molecule has 5 heteroatoms. The Morgan fingerprint density at radius 2 is 2.05 bits per heavy atom. The molecule has 0 aliphatic carbocycles. The van der Waals surface area contributed by atoms with E-state index in [0.29, 0.717) is 13.2 Å². The zero-order valence-electron chi connectivity index (χ0n) is 11.4. The summed E-state index contributed by atoms with van der Waals surface area (Å²) in [5.41, 5.74) is 2.00. The maximum atomic E-state index is 5.60. The quantitative estimate of drug-likeness (QED) is 0.896. The van der Waals surface area contributed by atoms with E-state index in [1.165, 1.54) is 12.8 Å². The van der Waals surface area contributed by atoms with Crippen LogP contribution in [0.15, 0.2) is 12.1 Å². The molecule has 3 heterocycles. The normalized spacial score (nSPS) is 21.5. The smallest absolute Gasteiger partial charge is 0.163 e. The van der Waals surface area contributed by atoms with E-state index in [4.69, 9.17) is 9.47 Å². The highest BCUT2D eigenvalue weighted by atomic mass is 16.6. The lowest BCUT2D eigenvalue weighted by Crippen LogP contribution is -2.15. The first-order valence-corrected chi connectivity index (χ1v) is 7.37. The molecule has 1 saturated heterocycles. The van der Waals surface area contributed by atoms with E-state index in [1.54, 1.807) is 0 Å². The van der Waals surface area contributed by atoms with Gasteiger partial charge >= 0.3 is 0 Å². The van der Waals surface area contributed by atoms with Crippen molar-refractivity contribution in [1.29, 1.82) is 0 Å². The van der Waals surface area contributed by atoms with Crippen molar-refractivity contribution in [3.8, 4) is 11.5 Å². The van der Waals surface area contributed by atoms with Gasteiger partial charge in [-0.25, -0.2) is 4.98 Å². The Labute approximate surface area is 117 Å². The fraction of sp³-hybridized carbons (Fsp3) is 0.533. The summed E-state index contributed by atoms with van der Waals surface area (Å²) < 4.78 is 11.2. The number of fused-ring (bicyclic) bond motifs is 2. The molecule has 20 heavy (non-hydrogen) atoms. The van der Waals surface area contributed by atoms with Gasteiger partial charge in [0, 0.05) is 18.6 Å². The number of aryl methyl sites for hydroxylation is 1.